The van der Waals surface area contributed by atoms with Crippen molar-refractivity contribution < 1.29 is 4.79 Å². The molecule has 0 saturated carbocycles. The van der Waals surface area contributed by atoms with Gasteiger partial charge in [0, 0.05) is 23.2 Å². The maximum Gasteiger partial charge on any atom is 0.241 e. The van der Waals surface area contributed by atoms with E-state index in [0.717, 1.165) is 25.2 Å². The first kappa shape index (κ1) is 14.0. The molecule has 2 aromatic rings. The van der Waals surface area contributed by atoms with Crippen LogP contribution < -0.4 is 4.90 Å². The van der Waals surface area contributed by atoms with Crippen LogP contribution in [0.2, 0.25) is 0 Å². The molecule has 0 aliphatic carbocycles. The van der Waals surface area contributed by atoms with Crippen LogP contribution in [0.25, 0.3) is 0 Å². The van der Waals surface area contributed by atoms with Gasteiger partial charge in [-0.15, -0.1) is 11.3 Å². The van der Waals surface area contributed by atoms with Crippen molar-refractivity contribution in [1.82, 2.24) is 4.90 Å². The number of benzene rings is 1. The molecule has 1 unspecified atom stereocenters. The van der Waals surface area contributed by atoms with Crippen LogP contribution in [0.3, 0.4) is 0 Å². The summed E-state index contributed by atoms with van der Waals surface area (Å²) < 4.78 is 0. The number of carbonyl (C=O) groups excluding carboxylic acids is 1. The standard InChI is InChI=1S/C18H20N2OS/c21-18(20-11-9-14-5-1-2-6-15(14)20)13-19-10-3-7-16(19)17-8-4-12-22-17/h1-2,4-6,8,12,16H,3,7,9-11,13H2. The molecule has 0 spiro atoms. The smallest absolute Gasteiger partial charge is 0.241 e. The minimum absolute atomic E-state index is 0.244. The maximum absolute atomic E-state index is 12.8. The molecule has 1 aromatic carbocycles. The van der Waals surface area contributed by atoms with Gasteiger partial charge in [-0.1, -0.05) is 24.3 Å². The van der Waals surface area contributed by atoms with E-state index in [9.17, 15) is 4.79 Å². The largest absolute Gasteiger partial charge is 0.311 e. The highest BCUT2D eigenvalue weighted by molar-refractivity contribution is 7.10. The summed E-state index contributed by atoms with van der Waals surface area (Å²) in [4.78, 5) is 18.5. The van der Waals surface area contributed by atoms with Gasteiger partial charge in [0.1, 0.15) is 0 Å². The second kappa shape index (κ2) is 5.86. The number of hydrogen-bond acceptors (Lipinski definition) is 3. The number of fused-ring (bicyclic) bond motifs is 1. The van der Waals surface area contributed by atoms with Crippen molar-refractivity contribution in [2.75, 3.05) is 24.5 Å². The first-order chi connectivity index (χ1) is 10.8. The summed E-state index contributed by atoms with van der Waals surface area (Å²) in [6.45, 7) is 2.40. The van der Waals surface area contributed by atoms with Crippen LogP contribution in [0.5, 0.6) is 0 Å². The maximum atomic E-state index is 12.8. The Bertz CT molecular complexity index is 667. The minimum Gasteiger partial charge on any atom is -0.311 e. The van der Waals surface area contributed by atoms with E-state index < -0.39 is 0 Å². The summed E-state index contributed by atoms with van der Waals surface area (Å²) in [7, 11) is 0. The predicted molar refractivity (Wildman–Crippen MR) is 90.4 cm³/mol. The molecule has 114 valence electrons. The van der Waals surface area contributed by atoms with E-state index in [1.807, 2.05) is 11.0 Å². The highest BCUT2D eigenvalue weighted by Gasteiger charge is 2.31. The zero-order chi connectivity index (χ0) is 14.9. The van der Waals surface area contributed by atoms with Crippen molar-refractivity contribution in [2.24, 2.45) is 0 Å². The average Bonchev–Trinajstić information content (AvgIpc) is 3.27. The lowest BCUT2D eigenvalue weighted by Gasteiger charge is -2.26. The quantitative estimate of drug-likeness (QED) is 0.866. The van der Waals surface area contributed by atoms with E-state index in [1.165, 1.54) is 23.3 Å². The Morgan fingerprint density at radius 2 is 2.09 bits per heavy atom. The lowest BCUT2D eigenvalue weighted by atomic mass is 10.2. The molecule has 0 N–H and O–H groups in total. The summed E-state index contributed by atoms with van der Waals surface area (Å²) >= 11 is 1.81. The summed E-state index contributed by atoms with van der Waals surface area (Å²) in [5.41, 5.74) is 2.41. The van der Waals surface area contributed by atoms with Gasteiger partial charge in [-0.3, -0.25) is 9.69 Å². The SMILES string of the molecule is O=C(CN1CCCC1c1cccs1)N1CCc2ccccc21. The molecular weight excluding hydrogens is 292 g/mol. The third-order valence-corrected chi connectivity index (χ3v) is 5.74. The predicted octanol–water partition coefficient (Wildman–Crippen LogP) is 3.47. The van der Waals surface area contributed by atoms with Crippen molar-refractivity contribution in [3.8, 4) is 0 Å². The Balaban J connectivity index is 1.48. The summed E-state index contributed by atoms with van der Waals surface area (Å²) in [6, 6.07) is 13.0. The van der Waals surface area contributed by atoms with Gasteiger partial charge in [-0.2, -0.15) is 0 Å². The summed E-state index contributed by atoms with van der Waals surface area (Å²) in [5, 5.41) is 2.13. The fourth-order valence-electron chi connectivity index (χ4n) is 3.67. The molecule has 1 aromatic heterocycles. The van der Waals surface area contributed by atoms with E-state index in [1.54, 1.807) is 11.3 Å². The van der Waals surface area contributed by atoms with Crippen LogP contribution in [-0.4, -0.2) is 30.4 Å². The lowest BCUT2D eigenvalue weighted by Crippen LogP contribution is -2.39. The van der Waals surface area contributed by atoms with Crippen molar-refractivity contribution in [3.63, 3.8) is 0 Å². The van der Waals surface area contributed by atoms with Crippen LogP contribution in [0.1, 0.15) is 29.3 Å². The number of likely N-dealkylation sites (tertiary alicyclic amines) is 1. The van der Waals surface area contributed by atoms with Gasteiger partial charge in [-0.25, -0.2) is 0 Å². The Morgan fingerprint density at radius 3 is 2.95 bits per heavy atom. The molecule has 4 heteroatoms. The van der Waals surface area contributed by atoms with E-state index in [0.29, 0.717) is 12.6 Å². The third kappa shape index (κ3) is 2.46. The van der Waals surface area contributed by atoms with Crippen LogP contribution in [-0.2, 0) is 11.2 Å². The molecular formula is C18H20N2OS. The van der Waals surface area contributed by atoms with Gasteiger partial charge < -0.3 is 4.90 Å². The number of nitrogens with zero attached hydrogens (tertiary/aromatic N) is 2. The molecule has 3 heterocycles. The molecule has 0 radical (unpaired) electrons. The first-order valence-electron chi connectivity index (χ1n) is 7.98. The summed E-state index contributed by atoms with van der Waals surface area (Å²) in [6.07, 6.45) is 3.34. The van der Waals surface area contributed by atoms with Gasteiger partial charge in [-0.05, 0) is 48.9 Å². The van der Waals surface area contributed by atoms with Crippen molar-refractivity contribution in [3.05, 3.63) is 52.2 Å². The number of anilines is 1. The number of amides is 1. The molecule has 1 amide bonds. The highest BCUT2D eigenvalue weighted by atomic mass is 32.1. The van der Waals surface area contributed by atoms with Crippen LogP contribution >= 0.6 is 11.3 Å². The zero-order valence-electron chi connectivity index (χ0n) is 12.6. The van der Waals surface area contributed by atoms with E-state index in [2.05, 4.69) is 40.6 Å². The van der Waals surface area contributed by atoms with Crippen LogP contribution in [0.4, 0.5) is 5.69 Å². The Kier molecular flexibility index (Phi) is 3.72. The zero-order valence-corrected chi connectivity index (χ0v) is 13.4. The fourth-order valence-corrected chi connectivity index (χ4v) is 4.57. The lowest BCUT2D eigenvalue weighted by molar-refractivity contribution is -0.119. The van der Waals surface area contributed by atoms with Crippen molar-refractivity contribution in [1.29, 1.82) is 0 Å². The third-order valence-electron chi connectivity index (χ3n) is 4.76. The molecule has 2 aliphatic rings. The van der Waals surface area contributed by atoms with E-state index >= 15 is 0 Å². The Hall–Kier alpha value is -1.65. The van der Waals surface area contributed by atoms with Gasteiger partial charge in [0.15, 0.2) is 0 Å². The van der Waals surface area contributed by atoms with Gasteiger partial charge in [0.25, 0.3) is 0 Å². The molecule has 1 saturated heterocycles. The van der Waals surface area contributed by atoms with E-state index in [-0.39, 0.29) is 5.91 Å². The average molecular weight is 312 g/mol. The Labute approximate surface area is 135 Å². The number of thiophene rings is 1. The molecule has 1 fully saturated rings. The van der Waals surface area contributed by atoms with Gasteiger partial charge in [0.2, 0.25) is 5.91 Å². The van der Waals surface area contributed by atoms with Crippen molar-refractivity contribution in [2.45, 2.75) is 25.3 Å². The molecule has 4 rings (SSSR count). The number of rotatable bonds is 3. The fraction of sp³-hybridized carbons (Fsp3) is 0.389. The summed E-state index contributed by atoms with van der Waals surface area (Å²) in [5.74, 6) is 0.244. The van der Waals surface area contributed by atoms with Crippen LogP contribution in [0.15, 0.2) is 41.8 Å². The first-order valence-corrected chi connectivity index (χ1v) is 8.86. The monoisotopic (exact) mass is 312 g/mol. The number of hydrogen-bond donors (Lipinski definition) is 0. The van der Waals surface area contributed by atoms with Gasteiger partial charge >= 0.3 is 0 Å². The second-order valence-corrected chi connectivity index (χ2v) is 7.05. The topological polar surface area (TPSA) is 23.6 Å². The molecule has 1 atom stereocenters. The Morgan fingerprint density at radius 1 is 1.18 bits per heavy atom. The van der Waals surface area contributed by atoms with Crippen LogP contribution in [0, 0.1) is 0 Å². The normalized spacial score (nSPS) is 21.3. The second-order valence-electron chi connectivity index (χ2n) is 6.07. The molecule has 0 bridgehead atoms. The molecule has 3 nitrogen and oxygen atoms in total. The van der Waals surface area contributed by atoms with E-state index in [4.69, 9.17) is 0 Å². The minimum atomic E-state index is 0.244. The molecule has 2 aliphatic heterocycles. The molecule has 22 heavy (non-hydrogen) atoms. The number of carbonyl (C=O) groups is 1. The number of para-hydroxylation sites is 1. The highest BCUT2D eigenvalue weighted by Crippen LogP contribution is 2.35. The van der Waals surface area contributed by atoms with Gasteiger partial charge in [0.05, 0.1) is 6.54 Å². The van der Waals surface area contributed by atoms with Crippen molar-refractivity contribution >= 4 is 22.9 Å².